The van der Waals surface area contributed by atoms with E-state index < -0.39 is 0 Å². The van der Waals surface area contributed by atoms with E-state index in [1.165, 1.54) is 0 Å². The molecule has 1 aromatic heterocycles. The van der Waals surface area contributed by atoms with Crippen molar-refractivity contribution in [1.29, 1.82) is 0 Å². The molecule has 0 aliphatic rings. The van der Waals surface area contributed by atoms with Crippen molar-refractivity contribution in [2.24, 2.45) is 0 Å². The molecule has 0 aliphatic carbocycles. The Morgan fingerprint density at radius 1 is 0.750 bits per heavy atom. The lowest BCUT2D eigenvalue weighted by molar-refractivity contribution is 1.13. The van der Waals surface area contributed by atoms with Crippen molar-refractivity contribution in [1.82, 2.24) is 9.97 Å². The Hall–Kier alpha value is -3.26. The van der Waals surface area contributed by atoms with Crippen molar-refractivity contribution in [3.05, 3.63) is 123 Å². The average Bonchev–Trinajstić information content (AvgIpc) is 2.61. The molecule has 2 nitrogen and oxygen atoms in total. The zero-order valence-electron chi connectivity index (χ0n) is 13.8. The third kappa shape index (κ3) is 7.66. The van der Waals surface area contributed by atoms with Crippen molar-refractivity contribution in [3.63, 3.8) is 0 Å². The molecule has 2 heteroatoms. The smallest absolute Gasteiger partial charge is 0.116 e. The minimum Gasteiger partial charge on any atom is -0.237 e. The third-order valence-corrected chi connectivity index (χ3v) is 2.76. The Kier molecular flexibility index (Phi) is 9.63. The molecule has 0 spiro atoms. The van der Waals surface area contributed by atoms with E-state index in [1.54, 1.807) is 24.6 Å². The Balaban J connectivity index is 2.94. The largest absolute Gasteiger partial charge is 0.237 e. The molecule has 0 saturated heterocycles. The summed E-state index contributed by atoms with van der Waals surface area (Å²) in [4.78, 5) is 8.58. The normalized spacial score (nSPS) is 12.9. The van der Waals surface area contributed by atoms with Crippen LogP contribution in [0.15, 0.2) is 111 Å². The van der Waals surface area contributed by atoms with Crippen LogP contribution in [0.25, 0.3) is 11.6 Å². The van der Waals surface area contributed by atoms with Crippen molar-refractivity contribution in [2.75, 3.05) is 0 Å². The van der Waals surface area contributed by atoms with Gasteiger partial charge in [0.05, 0.1) is 11.4 Å². The first kappa shape index (κ1) is 18.8. The van der Waals surface area contributed by atoms with Crippen LogP contribution in [0, 0.1) is 0 Å². The van der Waals surface area contributed by atoms with E-state index in [-0.39, 0.29) is 0 Å². The maximum atomic E-state index is 4.33. The van der Waals surface area contributed by atoms with Gasteiger partial charge < -0.3 is 0 Å². The highest BCUT2D eigenvalue weighted by molar-refractivity contribution is 5.74. The third-order valence-electron chi connectivity index (χ3n) is 2.76. The molecular weight excluding hydrogens is 292 g/mol. The van der Waals surface area contributed by atoms with Crippen LogP contribution in [0.3, 0.4) is 0 Å². The fraction of sp³-hybridized carbons (Fsp3) is 0. The zero-order valence-corrected chi connectivity index (χ0v) is 13.8. The minimum atomic E-state index is 0.835. The maximum absolute atomic E-state index is 4.33. The molecule has 0 aliphatic heterocycles. The average molecular weight is 314 g/mol. The molecule has 1 aromatic rings. The number of aromatic nitrogens is 2. The molecule has 0 fully saturated rings. The van der Waals surface area contributed by atoms with Crippen LogP contribution in [0.4, 0.5) is 0 Å². The van der Waals surface area contributed by atoms with E-state index >= 15 is 0 Å². The number of rotatable bonds is 9. The van der Waals surface area contributed by atoms with Gasteiger partial charge in [-0.25, -0.2) is 9.97 Å². The van der Waals surface area contributed by atoms with Gasteiger partial charge in [-0.15, -0.1) is 0 Å². The van der Waals surface area contributed by atoms with Gasteiger partial charge in [0.2, 0.25) is 0 Å². The summed E-state index contributed by atoms with van der Waals surface area (Å²) >= 11 is 0. The zero-order chi connectivity index (χ0) is 17.5. The maximum Gasteiger partial charge on any atom is 0.116 e. The van der Waals surface area contributed by atoms with Gasteiger partial charge in [-0.3, -0.25) is 0 Å². The molecule has 0 N–H and O–H groups in total. The van der Waals surface area contributed by atoms with Crippen molar-refractivity contribution in [3.8, 4) is 0 Å². The van der Waals surface area contributed by atoms with Crippen LogP contribution in [0.1, 0.15) is 11.4 Å². The second-order valence-corrected chi connectivity index (χ2v) is 4.53. The van der Waals surface area contributed by atoms with Crippen LogP contribution in [0.2, 0.25) is 0 Å². The van der Waals surface area contributed by atoms with E-state index in [2.05, 4.69) is 29.7 Å². The fourth-order valence-electron chi connectivity index (χ4n) is 1.70. The molecule has 0 bridgehead atoms. The lowest BCUT2D eigenvalue weighted by Crippen LogP contribution is -1.91. The van der Waals surface area contributed by atoms with E-state index in [1.807, 2.05) is 72.9 Å². The lowest BCUT2D eigenvalue weighted by atomic mass is 10.1. The summed E-state index contributed by atoms with van der Waals surface area (Å²) in [5.74, 6) is 0. The fourth-order valence-corrected chi connectivity index (χ4v) is 1.70. The Morgan fingerprint density at radius 2 is 1.42 bits per heavy atom. The monoisotopic (exact) mass is 314 g/mol. The lowest BCUT2D eigenvalue weighted by Gasteiger charge is -2.01. The topological polar surface area (TPSA) is 25.8 Å². The molecule has 120 valence electrons. The Bertz CT molecular complexity index is 726. The van der Waals surface area contributed by atoms with Crippen LogP contribution in [-0.2, 0) is 0 Å². The molecule has 0 saturated carbocycles. The molecular formula is C22H22N2. The van der Waals surface area contributed by atoms with E-state index in [9.17, 15) is 0 Å². The predicted octanol–water partition coefficient (Wildman–Crippen LogP) is 5.66. The SMILES string of the molecule is C=C\C=C/C=C/C=C/C(=C\C=C)c1cc(/C=C/C=C\C=C)ncn1. The summed E-state index contributed by atoms with van der Waals surface area (Å²) in [6.45, 7) is 11.0. The Labute approximate surface area is 144 Å². The standard InChI is InChI=1S/C22H22N2/c1-4-7-9-11-12-13-16-20(15-6-3)22-18-21(23-19-24-22)17-14-10-8-5-2/h4-19H,1-3H2/b9-7-,10-8-,12-11+,16-13+,17-14+,20-15+. The van der Waals surface area contributed by atoms with E-state index in [4.69, 9.17) is 0 Å². The van der Waals surface area contributed by atoms with Gasteiger partial charge in [0.25, 0.3) is 0 Å². The highest BCUT2D eigenvalue weighted by Gasteiger charge is 2.00. The van der Waals surface area contributed by atoms with Gasteiger partial charge in [0.1, 0.15) is 6.33 Å². The molecule has 0 radical (unpaired) electrons. The van der Waals surface area contributed by atoms with Gasteiger partial charge in [-0.05, 0) is 12.1 Å². The van der Waals surface area contributed by atoms with Crippen LogP contribution in [0.5, 0.6) is 0 Å². The summed E-state index contributed by atoms with van der Waals surface area (Å²) in [6, 6.07) is 1.93. The van der Waals surface area contributed by atoms with E-state index in [0.29, 0.717) is 0 Å². The minimum absolute atomic E-state index is 0.835. The van der Waals surface area contributed by atoms with Crippen molar-refractivity contribution in [2.45, 2.75) is 0 Å². The molecule has 0 atom stereocenters. The molecule has 24 heavy (non-hydrogen) atoms. The summed E-state index contributed by atoms with van der Waals surface area (Å²) in [5.41, 5.74) is 2.63. The second-order valence-electron chi connectivity index (χ2n) is 4.53. The van der Waals surface area contributed by atoms with Crippen molar-refractivity contribution >= 4 is 11.6 Å². The summed E-state index contributed by atoms with van der Waals surface area (Å²) in [7, 11) is 0. The number of nitrogens with zero attached hydrogens (tertiary/aromatic N) is 2. The van der Waals surface area contributed by atoms with Crippen LogP contribution >= 0.6 is 0 Å². The van der Waals surface area contributed by atoms with Gasteiger partial charge in [-0.2, -0.15) is 0 Å². The first-order chi connectivity index (χ1) is 11.8. The first-order valence-electron chi connectivity index (χ1n) is 7.55. The molecule has 0 amide bonds. The number of hydrogen-bond donors (Lipinski definition) is 0. The second kappa shape index (κ2) is 12.3. The Morgan fingerprint density at radius 3 is 2.12 bits per heavy atom. The van der Waals surface area contributed by atoms with Crippen LogP contribution in [-0.4, -0.2) is 9.97 Å². The van der Waals surface area contributed by atoms with Gasteiger partial charge >= 0.3 is 0 Å². The summed E-state index contributed by atoms with van der Waals surface area (Å²) in [5, 5.41) is 0. The predicted molar refractivity (Wildman–Crippen MR) is 106 cm³/mol. The van der Waals surface area contributed by atoms with E-state index in [0.717, 1.165) is 17.0 Å². The van der Waals surface area contributed by atoms with Gasteiger partial charge in [0.15, 0.2) is 0 Å². The van der Waals surface area contributed by atoms with Crippen LogP contribution < -0.4 is 0 Å². The van der Waals surface area contributed by atoms with Gasteiger partial charge in [-0.1, -0.05) is 98.7 Å². The molecule has 1 heterocycles. The number of allylic oxidation sites excluding steroid dienone is 14. The highest BCUT2D eigenvalue weighted by atomic mass is 14.8. The molecule has 0 unspecified atom stereocenters. The molecule has 1 rings (SSSR count). The molecule has 0 aromatic carbocycles. The summed E-state index contributed by atoms with van der Waals surface area (Å²) < 4.78 is 0. The highest BCUT2D eigenvalue weighted by Crippen LogP contribution is 2.15. The first-order valence-corrected chi connectivity index (χ1v) is 7.55. The van der Waals surface area contributed by atoms with Gasteiger partial charge in [0, 0.05) is 5.57 Å². The van der Waals surface area contributed by atoms with Crippen molar-refractivity contribution < 1.29 is 0 Å². The summed E-state index contributed by atoms with van der Waals surface area (Å²) in [6.07, 6.45) is 27.9. The number of hydrogen-bond acceptors (Lipinski definition) is 2. The quantitative estimate of drug-likeness (QED) is 0.550.